The molecule has 2 rings (SSSR count). The first kappa shape index (κ1) is 9.43. The number of rotatable bonds is 4. The van der Waals surface area contributed by atoms with Crippen molar-refractivity contribution >= 4 is 11.3 Å². The van der Waals surface area contributed by atoms with E-state index in [9.17, 15) is 0 Å². The van der Waals surface area contributed by atoms with Gasteiger partial charge in [-0.15, -0.1) is 11.3 Å². The van der Waals surface area contributed by atoms with Crippen LogP contribution in [0.25, 0.3) is 11.5 Å². The van der Waals surface area contributed by atoms with Crippen LogP contribution in [0.3, 0.4) is 0 Å². The fraction of sp³-hybridized carbons (Fsp3) is 0.300. The zero-order valence-corrected chi connectivity index (χ0v) is 8.80. The van der Waals surface area contributed by atoms with E-state index in [0.29, 0.717) is 0 Å². The number of thiazole rings is 1. The maximum atomic E-state index is 5.26. The Bertz CT molecular complexity index is 380. The van der Waals surface area contributed by atoms with Crippen molar-refractivity contribution in [3.8, 4) is 11.5 Å². The van der Waals surface area contributed by atoms with Crippen molar-refractivity contribution in [1.82, 2.24) is 10.3 Å². The van der Waals surface area contributed by atoms with E-state index >= 15 is 0 Å². The monoisotopic (exact) mass is 208 g/mol. The number of furan rings is 1. The summed E-state index contributed by atoms with van der Waals surface area (Å²) < 4.78 is 5.26. The van der Waals surface area contributed by atoms with E-state index in [1.54, 1.807) is 17.6 Å². The van der Waals surface area contributed by atoms with Gasteiger partial charge in [-0.05, 0) is 18.7 Å². The zero-order chi connectivity index (χ0) is 9.80. The molecule has 0 amide bonds. The molecule has 0 spiro atoms. The quantitative estimate of drug-likeness (QED) is 0.839. The predicted octanol–water partition coefficient (Wildman–Crippen LogP) is 2.51. The van der Waals surface area contributed by atoms with Gasteiger partial charge in [0.2, 0.25) is 0 Å². The first-order valence-electron chi connectivity index (χ1n) is 4.59. The average molecular weight is 208 g/mol. The lowest BCUT2D eigenvalue weighted by atomic mass is 10.4. The molecule has 3 nitrogen and oxygen atoms in total. The molecule has 0 aliphatic rings. The van der Waals surface area contributed by atoms with Gasteiger partial charge in [0, 0.05) is 11.9 Å². The summed E-state index contributed by atoms with van der Waals surface area (Å²) in [6.45, 7) is 3.89. The van der Waals surface area contributed by atoms with Crippen molar-refractivity contribution in [2.24, 2.45) is 0 Å². The molecule has 0 aliphatic carbocycles. The summed E-state index contributed by atoms with van der Waals surface area (Å²) in [4.78, 5) is 4.45. The average Bonchev–Trinajstić information content (AvgIpc) is 2.85. The fourth-order valence-corrected chi connectivity index (χ4v) is 1.91. The topological polar surface area (TPSA) is 38.1 Å². The second-order valence-corrected chi connectivity index (χ2v) is 3.83. The van der Waals surface area contributed by atoms with Gasteiger partial charge in [-0.1, -0.05) is 6.92 Å². The molecule has 0 radical (unpaired) electrons. The lowest BCUT2D eigenvalue weighted by Gasteiger charge is -1.94. The van der Waals surface area contributed by atoms with Gasteiger partial charge in [0.25, 0.3) is 0 Å². The van der Waals surface area contributed by atoms with Crippen molar-refractivity contribution in [2.75, 3.05) is 6.54 Å². The Kier molecular flexibility index (Phi) is 2.96. The summed E-state index contributed by atoms with van der Waals surface area (Å²) >= 11 is 1.65. The fourth-order valence-electron chi connectivity index (χ4n) is 1.16. The van der Waals surface area contributed by atoms with Gasteiger partial charge < -0.3 is 9.73 Å². The van der Waals surface area contributed by atoms with Crippen LogP contribution in [0.1, 0.15) is 11.9 Å². The van der Waals surface area contributed by atoms with E-state index in [0.717, 1.165) is 29.6 Å². The first-order valence-corrected chi connectivity index (χ1v) is 5.47. The molecule has 1 N–H and O–H groups in total. The van der Waals surface area contributed by atoms with Gasteiger partial charge in [-0.3, -0.25) is 0 Å². The molecule has 0 fully saturated rings. The molecule has 2 aromatic rings. The molecule has 0 aromatic carbocycles. The highest BCUT2D eigenvalue weighted by Gasteiger charge is 2.05. The van der Waals surface area contributed by atoms with Crippen LogP contribution in [0.2, 0.25) is 0 Å². The van der Waals surface area contributed by atoms with Gasteiger partial charge >= 0.3 is 0 Å². The number of aromatic nitrogens is 1. The van der Waals surface area contributed by atoms with E-state index in [1.807, 2.05) is 17.5 Å². The van der Waals surface area contributed by atoms with E-state index in [2.05, 4.69) is 17.2 Å². The molecular weight excluding hydrogens is 196 g/mol. The van der Waals surface area contributed by atoms with Crippen LogP contribution in [0, 0.1) is 0 Å². The van der Waals surface area contributed by atoms with Gasteiger partial charge in [0.15, 0.2) is 5.76 Å². The van der Waals surface area contributed by atoms with Crippen LogP contribution in [0.4, 0.5) is 0 Å². The summed E-state index contributed by atoms with van der Waals surface area (Å²) in [5, 5.41) is 6.36. The van der Waals surface area contributed by atoms with E-state index in [1.165, 1.54) is 0 Å². The molecule has 0 unspecified atom stereocenters. The van der Waals surface area contributed by atoms with Gasteiger partial charge in [-0.2, -0.15) is 0 Å². The third-order valence-corrected chi connectivity index (χ3v) is 2.70. The molecule has 0 atom stereocenters. The lowest BCUT2D eigenvalue weighted by Crippen LogP contribution is -2.11. The summed E-state index contributed by atoms with van der Waals surface area (Å²) in [6.07, 6.45) is 1.67. The van der Waals surface area contributed by atoms with Gasteiger partial charge in [0.05, 0.1) is 6.26 Å². The van der Waals surface area contributed by atoms with Gasteiger partial charge in [0.1, 0.15) is 10.7 Å². The van der Waals surface area contributed by atoms with E-state index in [4.69, 9.17) is 4.42 Å². The largest absolute Gasteiger partial charge is 0.463 e. The minimum Gasteiger partial charge on any atom is -0.463 e. The minimum absolute atomic E-state index is 0.835. The first-order chi connectivity index (χ1) is 6.90. The smallest absolute Gasteiger partial charge is 0.153 e. The summed E-state index contributed by atoms with van der Waals surface area (Å²) in [5.41, 5.74) is 0.924. The van der Waals surface area contributed by atoms with Crippen LogP contribution < -0.4 is 5.32 Å². The third kappa shape index (κ3) is 2.02. The van der Waals surface area contributed by atoms with Crippen molar-refractivity contribution in [3.05, 3.63) is 28.8 Å². The maximum absolute atomic E-state index is 5.26. The highest BCUT2D eigenvalue weighted by molar-refractivity contribution is 7.09. The Balaban J connectivity index is 2.10. The summed E-state index contributed by atoms with van der Waals surface area (Å²) in [5.74, 6) is 0.837. The molecule has 0 bridgehead atoms. The molecule has 14 heavy (non-hydrogen) atoms. The molecule has 2 heterocycles. The molecule has 0 aliphatic heterocycles. The molecule has 0 saturated heterocycles. The van der Waals surface area contributed by atoms with E-state index in [-0.39, 0.29) is 0 Å². The number of hydrogen-bond acceptors (Lipinski definition) is 4. The second-order valence-electron chi connectivity index (χ2n) is 2.88. The minimum atomic E-state index is 0.835. The Morgan fingerprint density at radius 2 is 2.50 bits per heavy atom. The number of hydrogen-bond donors (Lipinski definition) is 1. The number of nitrogens with one attached hydrogen (secondary N) is 1. The Labute approximate surface area is 86.8 Å². The highest BCUT2D eigenvalue weighted by atomic mass is 32.1. The number of nitrogens with zero attached hydrogens (tertiary/aromatic N) is 1. The van der Waals surface area contributed by atoms with Crippen molar-refractivity contribution in [1.29, 1.82) is 0 Å². The second kappa shape index (κ2) is 4.39. The normalized spacial score (nSPS) is 10.6. The summed E-state index contributed by atoms with van der Waals surface area (Å²) in [6, 6.07) is 3.80. The zero-order valence-electron chi connectivity index (χ0n) is 7.99. The van der Waals surface area contributed by atoms with Gasteiger partial charge in [-0.25, -0.2) is 4.98 Å². The van der Waals surface area contributed by atoms with Crippen molar-refractivity contribution in [2.45, 2.75) is 13.5 Å². The Hall–Kier alpha value is -1.13. The Morgan fingerprint density at radius 1 is 1.57 bits per heavy atom. The van der Waals surface area contributed by atoms with Crippen molar-refractivity contribution in [3.63, 3.8) is 0 Å². The molecular formula is C10H12N2OS. The molecule has 74 valence electrons. The maximum Gasteiger partial charge on any atom is 0.153 e. The predicted molar refractivity (Wildman–Crippen MR) is 57.2 cm³/mol. The highest BCUT2D eigenvalue weighted by Crippen LogP contribution is 2.21. The van der Waals surface area contributed by atoms with E-state index < -0.39 is 0 Å². The van der Waals surface area contributed by atoms with Crippen LogP contribution >= 0.6 is 11.3 Å². The molecule has 4 heteroatoms. The third-order valence-electron chi connectivity index (χ3n) is 1.85. The Morgan fingerprint density at radius 3 is 3.21 bits per heavy atom. The SMILES string of the molecule is CCNCc1nc(-c2ccco2)cs1. The van der Waals surface area contributed by atoms with Crippen LogP contribution in [0.5, 0.6) is 0 Å². The molecule has 0 saturated carbocycles. The van der Waals surface area contributed by atoms with Crippen LogP contribution in [-0.4, -0.2) is 11.5 Å². The molecule has 2 aromatic heterocycles. The van der Waals surface area contributed by atoms with Crippen LogP contribution in [-0.2, 0) is 6.54 Å². The van der Waals surface area contributed by atoms with Crippen molar-refractivity contribution < 1.29 is 4.42 Å². The summed E-state index contributed by atoms with van der Waals surface area (Å²) in [7, 11) is 0. The van der Waals surface area contributed by atoms with Crippen LogP contribution in [0.15, 0.2) is 28.2 Å². The lowest BCUT2D eigenvalue weighted by molar-refractivity contribution is 0.580. The standard InChI is InChI=1S/C10H12N2OS/c1-2-11-6-10-12-8(7-14-10)9-4-3-5-13-9/h3-5,7,11H,2,6H2,1H3.